The second kappa shape index (κ2) is 5.61. The number of phenols is 1. The number of anilines is 1. The van der Waals surface area contributed by atoms with Gasteiger partial charge in [-0.2, -0.15) is 0 Å². The highest BCUT2D eigenvalue weighted by atomic mass is 16.3. The molecule has 19 heavy (non-hydrogen) atoms. The van der Waals surface area contributed by atoms with Gasteiger partial charge in [0.05, 0.1) is 0 Å². The summed E-state index contributed by atoms with van der Waals surface area (Å²) < 4.78 is 0. The Bertz CT molecular complexity index is 476. The number of hydrogen-bond donors (Lipinski definition) is 3. The van der Waals surface area contributed by atoms with Gasteiger partial charge in [-0.15, -0.1) is 0 Å². The number of nitrogens with one attached hydrogen (secondary N) is 1. The van der Waals surface area contributed by atoms with E-state index in [1.54, 1.807) is 19.1 Å². The quantitative estimate of drug-likeness (QED) is 0.735. The molecule has 0 saturated carbocycles. The Labute approximate surface area is 115 Å². The molecule has 1 atom stereocenters. The van der Waals surface area contributed by atoms with Gasteiger partial charge in [0, 0.05) is 18.2 Å². The van der Waals surface area contributed by atoms with Gasteiger partial charge in [-0.25, -0.2) is 0 Å². The van der Waals surface area contributed by atoms with Crippen LogP contribution in [0.15, 0.2) is 12.1 Å². The van der Waals surface area contributed by atoms with Gasteiger partial charge >= 0.3 is 0 Å². The average Bonchev–Trinajstić information content (AvgIpc) is 2.24. The van der Waals surface area contributed by atoms with E-state index in [1.807, 2.05) is 27.7 Å². The summed E-state index contributed by atoms with van der Waals surface area (Å²) >= 11 is 0. The molecule has 4 heteroatoms. The van der Waals surface area contributed by atoms with Crippen LogP contribution in [0.25, 0.3) is 0 Å². The summed E-state index contributed by atoms with van der Waals surface area (Å²) in [7, 11) is 0. The van der Waals surface area contributed by atoms with Crippen molar-refractivity contribution in [3.63, 3.8) is 0 Å². The van der Waals surface area contributed by atoms with Gasteiger partial charge in [0.1, 0.15) is 5.75 Å². The maximum Gasteiger partial charge on any atom is 0.225 e. The molecule has 0 heterocycles. The second-order valence-electron chi connectivity index (χ2n) is 6.18. The molecule has 0 aliphatic carbocycles. The highest BCUT2D eigenvalue weighted by Gasteiger charge is 2.23. The number of amides is 1. The first-order chi connectivity index (χ1) is 8.61. The highest BCUT2D eigenvalue weighted by Crippen LogP contribution is 2.26. The Morgan fingerprint density at radius 2 is 1.89 bits per heavy atom. The number of hydrogen-bond acceptors (Lipinski definition) is 3. The van der Waals surface area contributed by atoms with E-state index in [2.05, 4.69) is 5.32 Å². The first kappa shape index (κ1) is 15.5. The molecule has 4 nitrogen and oxygen atoms in total. The Morgan fingerprint density at radius 3 is 2.42 bits per heavy atom. The van der Waals surface area contributed by atoms with E-state index in [0.717, 1.165) is 16.8 Å². The Kier molecular flexibility index (Phi) is 4.58. The van der Waals surface area contributed by atoms with Gasteiger partial charge in [-0.1, -0.05) is 20.8 Å². The molecule has 0 aliphatic heterocycles. The lowest BCUT2D eigenvalue weighted by molar-refractivity contribution is -0.117. The molecule has 0 saturated heterocycles. The normalized spacial score (nSPS) is 13.2. The Hall–Kier alpha value is -1.55. The van der Waals surface area contributed by atoms with E-state index in [1.165, 1.54) is 0 Å². The molecule has 1 amide bonds. The number of carbonyl (C=O) groups excluding carboxylic acids is 1. The fraction of sp³-hybridized carbons (Fsp3) is 0.533. The molecule has 0 spiro atoms. The zero-order chi connectivity index (χ0) is 14.8. The standard InChI is InChI=1S/C15H24N2O2/c1-9-7-12(18)10(2)6-11(9)17-14(19)8-13(16)15(3,4)5/h6-7,13,18H,8,16H2,1-5H3,(H,17,19). The summed E-state index contributed by atoms with van der Waals surface area (Å²) in [6.45, 7) is 9.69. The van der Waals surface area contributed by atoms with Gasteiger partial charge in [-0.3, -0.25) is 4.79 Å². The van der Waals surface area contributed by atoms with Crippen LogP contribution in [0.5, 0.6) is 5.75 Å². The van der Waals surface area contributed by atoms with Crippen LogP contribution in [0.3, 0.4) is 0 Å². The molecule has 4 N–H and O–H groups in total. The van der Waals surface area contributed by atoms with Crippen LogP contribution >= 0.6 is 0 Å². The molecule has 106 valence electrons. The number of carbonyl (C=O) groups is 1. The van der Waals surface area contributed by atoms with Crippen LogP contribution in [0.2, 0.25) is 0 Å². The number of phenolic OH excluding ortho intramolecular Hbond substituents is 1. The number of rotatable bonds is 3. The molecule has 0 radical (unpaired) electrons. The van der Waals surface area contributed by atoms with E-state index < -0.39 is 0 Å². The van der Waals surface area contributed by atoms with Crippen molar-refractivity contribution in [2.45, 2.75) is 47.1 Å². The Balaban J connectivity index is 2.76. The van der Waals surface area contributed by atoms with Crippen LogP contribution in [0.4, 0.5) is 5.69 Å². The first-order valence-electron chi connectivity index (χ1n) is 6.47. The number of aryl methyl sites for hydroxylation is 2. The van der Waals surface area contributed by atoms with E-state index in [9.17, 15) is 9.90 Å². The van der Waals surface area contributed by atoms with Gasteiger partial charge in [0.25, 0.3) is 0 Å². The molecule has 0 fully saturated rings. The lowest BCUT2D eigenvalue weighted by atomic mass is 9.85. The van der Waals surface area contributed by atoms with E-state index in [4.69, 9.17) is 5.73 Å². The molecule has 1 aromatic carbocycles. The largest absolute Gasteiger partial charge is 0.508 e. The monoisotopic (exact) mass is 264 g/mol. The van der Waals surface area contributed by atoms with Gasteiger partial charge in [0.15, 0.2) is 0 Å². The zero-order valence-corrected chi connectivity index (χ0v) is 12.4. The van der Waals surface area contributed by atoms with Crippen molar-refractivity contribution < 1.29 is 9.90 Å². The molecule has 0 aliphatic rings. The summed E-state index contributed by atoms with van der Waals surface area (Å²) in [5, 5.41) is 12.4. The van der Waals surface area contributed by atoms with Crippen LogP contribution in [-0.2, 0) is 4.79 Å². The SMILES string of the molecule is Cc1cc(NC(=O)CC(N)C(C)(C)C)c(C)cc1O. The number of benzene rings is 1. The predicted octanol–water partition coefficient (Wildman–Crippen LogP) is 2.71. The molecule has 1 rings (SSSR count). The second-order valence-corrected chi connectivity index (χ2v) is 6.18. The van der Waals surface area contributed by atoms with Crippen molar-refractivity contribution in [2.75, 3.05) is 5.32 Å². The third kappa shape index (κ3) is 4.24. The van der Waals surface area contributed by atoms with Crippen molar-refractivity contribution >= 4 is 11.6 Å². The molecular weight excluding hydrogens is 240 g/mol. The van der Waals surface area contributed by atoms with Crippen molar-refractivity contribution in [1.29, 1.82) is 0 Å². The van der Waals surface area contributed by atoms with Gasteiger partial charge < -0.3 is 16.2 Å². The zero-order valence-electron chi connectivity index (χ0n) is 12.4. The summed E-state index contributed by atoms with van der Waals surface area (Å²) in [5.74, 6) is 0.137. The predicted molar refractivity (Wildman–Crippen MR) is 78.3 cm³/mol. The minimum absolute atomic E-state index is 0.0999. The minimum atomic E-state index is -0.189. The summed E-state index contributed by atoms with van der Waals surface area (Å²) in [6.07, 6.45) is 0.281. The van der Waals surface area contributed by atoms with Crippen LogP contribution in [0.1, 0.15) is 38.3 Å². The van der Waals surface area contributed by atoms with Crippen LogP contribution in [0, 0.1) is 19.3 Å². The smallest absolute Gasteiger partial charge is 0.225 e. The first-order valence-corrected chi connectivity index (χ1v) is 6.47. The molecule has 0 bridgehead atoms. The fourth-order valence-corrected chi connectivity index (χ4v) is 1.64. The average molecular weight is 264 g/mol. The minimum Gasteiger partial charge on any atom is -0.508 e. The van der Waals surface area contributed by atoms with Crippen LogP contribution < -0.4 is 11.1 Å². The van der Waals surface area contributed by atoms with Crippen LogP contribution in [-0.4, -0.2) is 17.1 Å². The lowest BCUT2D eigenvalue weighted by Gasteiger charge is -2.26. The van der Waals surface area contributed by atoms with Crippen molar-refractivity contribution in [1.82, 2.24) is 0 Å². The molecule has 1 unspecified atom stereocenters. The third-order valence-electron chi connectivity index (χ3n) is 3.33. The summed E-state index contributed by atoms with van der Waals surface area (Å²) in [6, 6.07) is 3.23. The van der Waals surface area contributed by atoms with Crippen molar-refractivity contribution in [2.24, 2.45) is 11.1 Å². The maximum atomic E-state index is 12.0. The fourth-order valence-electron chi connectivity index (χ4n) is 1.64. The summed E-state index contributed by atoms with van der Waals surface area (Å²) in [5.41, 5.74) is 8.19. The number of nitrogens with two attached hydrogens (primary N) is 1. The molecule has 0 aromatic heterocycles. The lowest BCUT2D eigenvalue weighted by Crippen LogP contribution is -2.38. The van der Waals surface area contributed by atoms with E-state index >= 15 is 0 Å². The third-order valence-corrected chi connectivity index (χ3v) is 3.33. The molecular formula is C15H24N2O2. The summed E-state index contributed by atoms with van der Waals surface area (Å²) in [4.78, 5) is 12.0. The van der Waals surface area contributed by atoms with Gasteiger partial charge in [-0.05, 0) is 42.5 Å². The topological polar surface area (TPSA) is 75.4 Å². The van der Waals surface area contributed by atoms with Crippen molar-refractivity contribution in [3.05, 3.63) is 23.3 Å². The van der Waals surface area contributed by atoms with Crippen molar-refractivity contribution in [3.8, 4) is 5.75 Å². The van der Waals surface area contributed by atoms with Gasteiger partial charge in [0.2, 0.25) is 5.91 Å². The highest BCUT2D eigenvalue weighted by molar-refractivity contribution is 5.92. The number of aromatic hydroxyl groups is 1. The molecule has 1 aromatic rings. The maximum absolute atomic E-state index is 12.0. The van der Waals surface area contributed by atoms with E-state index in [0.29, 0.717) is 0 Å². The van der Waals surface area contributed by atoms with E-state index in [-0.39, 0.29) is 29.5 Å². The Morgan fingerprint density at radius 1 is 1.32 bits per heavy atom.